The number of imidazole rings is 1. The van der Waals surface area contributed by atoms with Crippen LogP contribution in [0, 0.1) is 0 Å². The molecule has 8 nitrogen and oxygen atoms in total. The van der Waals surface area contributed by atoms with Crippen LogP contribution < -0.4 is 4.74 Å². The first-order valence-corrected chi connectivity index (χ1v) is 8.81. The fraction of sp³-hybridized carbons (Fsp3) is 0.412. The van der Waals surface area contributed by atoms with Crippen molar-refractivity contribution in [2.75, 3.05) is 0 Å². The van der Waals surface area contributed by atoms with Crippen LogP contribution >= 0.6 is 0 Å². The molecule has 0 aromatic carbocycles. The quantitative estimate of drug-likeness (QED) is 0.615. The third-order valence-corrected chi connectivity index (χ3v) is 4.82. The number of hydrogen-bond donors (Lipinski definition) is 1. The van der Waals surface area contributed by atoms with E-state index in [0.29, 0.717) is 25.0 Å². The Morgan fingerprint density at radius 2 is 1.74 bits per heavy atom. The number of alkyl halides is 6. The maximum Gasteiger partial charge on any atom is 0.433 e. The van der Waals surface area contributed by atoms with E-state index in [2.05, 4.69) is 20.1 Å². The second-order valence-corrected chi connectivity index (χ2v) is 7.15. The Morgan fingerprint density at radius 1 is 1.03 bits per heavy atom. The molecule has 0 saturated carbocycles. The molecule has 2 atom stereocenters. The fourth-order valence-corrected chi connectivity index (χ4v) is 3.26. The molecule has 4 heterocycles. The van der Waals surface area contributed by atoms with Crippen LogP contribution in [0.15, 0.2) is 24.7 Å². The van der Waals surface area contributed by atoms with E-state index in [1.165, 1.54) is 15.3 Å². The summed E-state index contributed by atoms with van der Waals surface area (Å²) >= 11 is 0. The van der Waals surface area contributed by atoms with Gasteiger partial charge in [0.2, 0.25) is 17.4 Å². The normalized spacial score (nSPS) is 18.3. The Morgan fingerprint density at radius 3 is 2.39 bits per heavy atom. The third kappa shape index (κ3) is 3.49. The van der Waals surface area contributed by atoms with E-state index in [0.717, 1.165) is 6.20 Å². The van der Waals surface area contributed by atoms with Crippen LogP contribution in [-0.4, -0.2) is 40.6 Å². The molecule has 0 saturated heterocycles. The number of ether oxygens (including phenoxy) is 1. The molecule has 31 heavy (non-hydrogen) atoms. The summed E-state index contributed by atoms with van der Waals surface area (Å²) in [7, 11) is 0. The minimum Gasteiger partial charge on any atom is -0.419 e. The molecular formula is C17H14F6N6O2. The Kier molecular flexibility index (Phi) is 4.54. The second kappa shape index (κ2) is 6.67. The lowest BCUT2D eigenvalue weighted by molar-refractivity contribution is -0.262. The molecule has 166 valence electrons. The number of aromatic nitrogens is 6. The van der Waals surface area contributed by atoms with Gasteiger partial charge in [0.15, 0.2) is 11.5 Å². The number of aliphatic hydroxyl groups is 1. The molecule has 4 rings (SSSR count). The van der Waals surface area contributed by atoms with Gasteiger partial charge in [-0.3, -0.25) is 4.68 Å². The first-order chi connectivity index (χ1) is 14.3. The second-order valence-electron chi connectivity index (χ2n) is 7.15. The topological polar surface area (TPSA) is 90.9 Å². The molecule has 0 fully saturated rings. The zero-order chi connectivity index (χ0) is 22.8. The van der Waals surface area contributed by atoms with Crippen molar-refractivity contribution >= 4 is 0 Å². The molecule has 3 aromatic heterocycles. The van der Waals surface area contributed by atoms with E-state index in [1.54, 1.807) is 6.92 Å². The molecule has 3 aromatic rings. The number of fused-ring (bicyclic) bond motifs is 3. The number of nitrogens with zero attached hydrogens (tertiary/aromatic N) is 6. The lowest BCUT2D eigenvalue weighted by Crippen LogP contribution is -2.42. The molecule has 1 aliphatic heterocycles. The average molecular weight is 448 g/mol. The van der Waals surface area contributed by atoms with Crippen molar-refractivity contribution in [1.29, 1.82) is 0 Å². The molecule has 0 amide bonds. The molecular weight excluding hydrogens is 434 g/mol. The van der Waals surface area contributed by atoms with Gasteiger partial charge in [0.05, 0.1) is 30.2 Å². The standard InChI is InChI=1S/C17H14F6N6O2/c1-8-6-28-9(10-5-24-14(29(8)10)15(2,30)17(21,22)23)3-13(27-28)31-12-4-11(16(18,19)20)25-7-26-12/h3-5,7-8,30H,6H2,1-2H3/t8-,15+/m0/s1. The summed E-state index contributed by atoms with van der Waals surface area (Å²) in [5.41, 5.74) is -3.84. The van der Waals surface area contributed by atoms with Gasteiger partial charge in [0, 0.05) is 12.1 Å². The average Bonchev–Trinajstić information content (AvgIpc) is 3.24. The molecule has 14 heteroatoms. The van der Waals surface area contributed by atoms with E-state index < -0.39 is 41.4 Å². The summed E-state index contributed by atoms with van der Waals surface area (Å²) in [6.07, 6.45) is -7.79. The Balaban J connectivity index is 1.70. The van der Waals surface area contributed by atoms with Crippen molar-refractivity contribution < 1.29 is 36.2 Å². The monoisotopic (exact) mass is 448 g/mol. The van der Waals surface area contributed by atoms with Gasteiger partial charge in [-0.2, -0.15) is 26.3 Å². The van der Waals surface area contributed by atoms with Crippen LogP contribution in [0.5, 0.6) is 11.8 Å². The first kappa shape index (κ1) is 21.1. The van der Waals surface area contributed by atoms with Crippen LogP contribution in [0.3, 0.4) is 0 Å². The van der Waals surface area contributed by atoms with Crippen LogP contribution in [0.1, 0.15) is 31.4 Å². The molecule has 0 spiro atoms. The van der Waals surface area contributed by atoms with Gasteiger partial charge in [-0.1, -0.05) is 0 Å². The van der Waals surface area contributed by atoms with Gasteiger partial charge in [-0.05, 0) is 13.8 Å². The smallest absolute Gasteiger partial charge is 0.419 e. The van der Waals surface area contributed by atoms with E-state index >= 15 is 0 Å². The van der Waals surface area contributed by atoms with Crippen molar-refractivity contribution in [3.63, 3.8) is 0 Å². The van der Waals surface area contributed by atoms with Crippen LogP contribution in [0.25, 0.3) is 11.4 Å². The third-order valence-electron chi connectivity index (χ3n) is 4.82. The molecule has 0 unspecified atom stereocenters. The minimum atomic E-state index is -4.95. The van der Waals surface area contributed by atoms with E-state index in [-0.39, 0.29) is 18.1 Å². The van der Waals surface area contributed by atoms with E-state index in [9.17, 15) is 31.4 Å². The summed E-state index contributed by atoms with van der Waals surface area (Å²) < 4.78 is 86.4. The molecule has 0 radical (unpaired) electrons. The zero-order valence-corrected chi connectivity index (χ0v) is 15.9. The summed E-state index contributed by atoms with van der Waals surface area (Å²) in [6, 6.07) is 1.38. The van der Waals surface area contributed by atoms with Gasteiger partial charge in [0.1, 0.15) is 6.33 Å². The van der Waals surface area contributed by atoms with Crippen LogP contribution in [0.2, 0.25) is 0 Å². The zero-order valence-electron chi connectivity index (χ0n) is 15.9. The number of hydrogen-bond acceptors (Lipinski definition) is 6. The maximum absolute atomic E-state index is 13.3. The highest BCUT2D eigenvalue weighted by atomic mass is 19.4. The number of rotatable bonds is 3. The van der Waals surface area contributed by atoms with Crippen molar-refractivity contribution in [2.24, 2.45) is 0 Å². The Bertz CT molecular complexity index is 1130. The summed E-state index contributed by atoms with van der Waals surface area (Å²) in [6.45, 7) is 2.34. The van der Waals surface area contributed by atoms with Crippen LogP contribution in [-0.2, 0) is 18.3 Å². The van der Waals surface area contributed by atoms with Gasteiger partial charge in [0.25, 0.3) is 0 Å². The summed E-state index contributed by atoms with van der Waals surface area (Å²) in [5.74, 6) is -1.10. The van der Waals surface area contributed by atoms with Crippen molar-refractivity contribution in [3.05, 3.63) is 36.2 Å². The van der Waals surface area contributed by atoms with E-state index in [4.69, 9.17) is 4.74 Å². The summed E-state index contributed by atoms with van der Waals surface area (Å²) in [5, 5.41) is 14.2. The highest BCUT2D eigenvalue weighted by Crippen LogP contribution is 2.42. The SMILES string of the molecule is C[C@H]1Cn2nc(Oc3cc(C(F)(F)F)ncn3)cc2-c2cnc([C@@](C)(O)C(F)(F)F)n21. The van der Waals surface area contributed by atoms with Crippen LogP contribution in [0.4, 0.5) is 26.3 Å². The van der Waals surface area contributed by atoms with Crippen molar-refractivity contribution in [1.82, 2.24) is 29.3 Å². The Hall–Kier alpha value is -3.16. The van der Waals surface area contributed by atoms with Gasteiger partial charge < -0.3 is 14.4 Å². The minimum absolute atomic E-state index is 0.112. The summed E-state index contributed by atoms with van der Waals surface area (Å²) in [4.78, 5) is 10.5. The molecule has 0 aliphatic carbocycles. The van der Waals surface area contributed by atoms with Gasteiger partial charge >= 0.3 is 12.4 Å². The van der Waals surface area contributed by atoms with Gasteiger partial charge in [-0.25, -0.2) is 15.0 Å². The van der Waals surface area contributed by atoms with Crippen molar-refractivity contribution in [3.8, 4) is 23.1 Å². The molecule has 0 bridgehead atoms. The predicted octanol–water partition coefficient (Wildman–Crippen LogP) is 3.69. The Labute approximate surface area is 170 Å². The molecule has 1 N–H and O–H groups in total. The first-order valence-electron chi connectivity index (χ1n) is 8.81. The van der Waals surface area contributed by atoms with Gasteiger partial charge in [-0.15, -0.1) is 5.10 Å². The van der Waals surface area contributed by atoms with Crippen molar-refractivity contribution in [2.45, 2.75) is 44.4 Å². The fourth-order valence-electron chi connectivity index (χ4n) is 3.26. The predicted molar refractivity (Wildman–Crippen MR) is 90.9 cm³/mol. The lowest BCUT2D eigenvalue weighted by Gasteiger charge is -2.31. The highest BCUT2D eigenvalue weighted by Gasteiger charge is 2.55. The molecule has 1 aliphatic rings. The highest BCUT2D eigenvalue weighted by molar-refractivity contribution is 5.58. The number of halogens is 6. The largest absolute Gasteiger partial charge is 0.433 e. The maximum atomic E-state index is 13.3. The van der Waals surface area contributed by atoms with E-state index in [1.807, 2.05) is 0 Å². The lowest BCUT2D eigenvalue weighted by atomic mass is 10.0.